The van der Waals surface area contributed by atoms with Crippen LogP contribution in [0.2, 0.25) is 0 Å². The third kappa shape index (κ3) is 2.02. The molecule has 0 heterocycles. The number of hydrogen-bond donors (Lipinski definition) is 1. The molecule has 17 heavy (non-hydrogen) atoms. The second kappa shape index (κ2) is 4.40. The molecule has 2 aromatic rings. The first kappa shape index (κ1) is 12.0. The summed E-state index contributed by atoms with van der Waals surface area (Å²) in [6, 6.07) is 12.1. The summed E-state index contributed by atoms with van der Waals surface area (Å²) in [7, 11) is 0. The van der Waals surface area contributed by atoms with Crippen molar-refractivity contribution < 1.29 is 5.11 Å². The van der Waals surface area contributed by atoms with Crippen LogP contribution in [0, 0.1) is 0 Å². The van der Waals surface area contributed by atoms with Crippen molar-refractivity contribution in [1.82, 2.24) is 0 Å². The fourth-order valence-electron chi connectivity index (χ4n) is 2.30. The summed E-state index contributed by atoms with van der Waals surface area (Å²) in [5.74, 6) is 0.395. The molecule has 1 heteroatoms. The van der Waals surface area contributed by atoms with Crippen molar-refractivity contribution in [3.63, 3.8) is 0 Å². The third-order valence-corrected chi connectivity index (χ3v) is 4.10. The number of phenolic OH excluding ortho intramolecular Hbond substituents is 1. The van der Waals surface area contributed by atoms with Gasteiger partial charge >= 0.3 is 0 Å². The second-order valence-electron chi connectivity index (χ2n) is 4.98. The van der Waals surface area contributed by atoms with Crippen LogP contribution in [-0.4, -0.2) is 5.11 Å². The first-order valence-electron chi connectivity index (χ1n) is 6.33. The molecule has 0 saturated heterocycles. The Kier molecular flexibility index (Phi) is 3.10. The van der Waals surface area contributed by atoms with Crippen LogP contribution in [0.1, 0.15) is 39.2 Å². The maximum Gasteiger partial charge on any atom is 0.123 e. The standard InChI is InChI=1S/C16H20O/c1-4-16(3,5-2)13-10-12-8-6-7-9-14(12)15(17)11-13/h6-11,17H,4-5H2,1-3H3. The third-order valence-electron chi connectivity index (χ3n) is 4.10. The van der Waals surface area contributed by atoms with Gasteiger partial charge in [-0.25, -0.2) is 0 Å². The minimum Gasteiger partial charge on any atom is -0.507 e. The zero-order valence-corrected chi connectivity index (χ0v) is 10.8. The molecule has 0 amide bonds. The molecule has 0 fully saturated rings. The highest BCUT2D eigenvalue weighted by molar-refractivity contribution is 5.88. The summed E-state index contributed by atoms with van der Waals surface area (Å²) in [4.78, 5) is 0. The molecule has 0 saturated carbocycles. The van der Waals surface area contributed by atoms with Gasteiger partial charge in [-0.05, 0) is 35.3 Å². The smallest absolute Gasteiger partial charge is 0.123 e. The second-order valence-corrected chi connectivity index (χ2v) is 4.98. The summed E-state index contributed by atoms with van der Waals surface area (Å²) < 4.78 is 0. The van der Waals surface area contributed by atoms with Gasteiger partial charge in [0, 0.05) is 5.39 Å². The van der Waals surface area contributed by atoms with E-state index in [1.807, 2.05) is 24.3 Å². The van der Waals surface area contributed by atoms with E-state index in [0.717, 1.165) is 23.6 Å². The summed E-state index contributed by atoms with van der Waals surface area (Å²) in [5, 5.41) is 12.2. The van der Waals surface area contributed by atoms with Crippen molar-refractivity contribution >= 4 is 10.8 Å². The average molecular weight is 228 g/mol. The molecule has 2 aromatic carbocycles. The van der Waals surface area contributed by atoms with Gasteiger partial charge in [-0.1, -0.05) is 51.1 Å². The molecule has 0 spiro atoms. The Morgan fingerprint density at radius 2 is 1.71 bits per heavy atom. The van der Waals surface area contributed by atoms with E-state index in [1.54, 1.807) is 0 Å². The Labute approximate surface area is 103 Å². The van der Waals surface area contributed by atoms with Crippen LogP contribution in [0.25, 0.3) is 10.8 Å². The monoisotopic (exact) mass is 228 g/mol. The molecule has 0 aromatic heterocycles. The molecule has 0 atom stereocenters. The Bertz CT molecular complexity index is 524. The average Bonchev–Trinajstić information content (AvgIpc) is 2.38. The van der Waals surface area contributed by atoms with Gasteiger partial charge in [-0.15, -0.1) is 0 Å². The van der Waals surface area contributed by atoms with Crippen molar-refractivity contribution in [3.8, 4) is 5.75 Å². The molecule has 0 unspecified atom stereocenters. The molecule has 0 aliphatic heterocycles. The van der Waals surface area contributed by atoms with Crippen LogP contribution in [0.5, 0.6) is 5.75 Å². The van der Waals surface area contributed by atoms with E-state index in [1.165, 1.54) is 5.56 Å². The van der Waals surface area contributed by atoms with E-state index in [-0.39, 0.29) is 5.41 Å². The number of benzene rings is 2. The number of rotatable bonds is 3. The van der Waals surface area contributed by atoms with E-state index >= 15 is 0 Å². The van der Waals surface area contributed by atoms with E-state index in [9.17, 15) is 5.11 Å². The maximum absolute atomic E-state index is 10.1. The number of aromatic hydroxyl groups is 1. The van der Waals surface area contributed by atoms with Crippen molar-refractivity contribution in [1.29, 1.82) is 0 Å². The molecule has 1 N–H and O–H groups in total. The lowest BCUT2D eigenvalue weighted by molar-refractivity contribution is 0.432. The summed E-state index contributed by atoms with van der Waals surface area (Å²) >= 11 is 0. The van der Waals surface area contributed by atoms with Crippen LogP contribution < -0.4 is 0 Å². The van der Waals surface area contributed by atoms with Crippen molar-refractivity contribution in [2.45, 2.75) is 39.0 Å². The predicted molar refractivity (Wildman–Crippen MR) is 73.5 cm³/mol. The van der Waals surface area contributed by atoms with Crippen LogP contribution in [0.3, 0.4) is 0 Å². The largest absolute Gasteiger partial charge is 0.507 e. The molecule has 90 valence electrons. The zero-order chi connectivity index (χ0) is 12.5. The van der Waals surface area contributed by atoms with Crippen LogP contribution in [0.15, 0.2) is 36.4 Å². The fourth-order valence-corrected chi connectivity index (χ4v) is 2.30. The maximum atomic E-state index is 10.1. The lowest BCUT2D eigenvalue weighted by Crippen LogP contribution is -2.19. The molecular weight excluding hydrogens is 208 g/mol. The first-order chi connectivity index (χ1) is 8.10. The highest BCUT2D eigenvalue weighted by atomic mass is 16.3. The van der Waals surface area contributed by atoms with Gasteiger partial charge in [-0.2, -0.15) is 0 Å². The van der Waals surface area contributed by atoms with Crippen LogP contribution in [0.4, 0.5) is 0 Å². The number of hydrogen-bond acceptors (Lipinski definition) is 1. The van der Waals surface area contributed by atoms with Gasteiger partial charge in [0.05, 0.1) is 0 Å². The minimum absolute atomic E-state index is 0.154. The van der Waals surface area contributed by atoms with Gasteiger partial charge in [0.2, 0.25) is 0 Å². The summed E-state index contributed by atoms with van der Waals surface area (Å²) in [5.41, 5.74) is 1.39. The SMILES string of the molecule is CCC(C)(CC)c1cc(O)c2ccccc2c1. The summed E-state index contributed by atoms with van der Waals surface area (Å²) in [6.45, 7) is 6.67. The Morgan fingerprint density at radius 1 is 1.06 bits per heavy atom. The molecule has 1 nitrogen and oxygen atoms in total. The van der Waals surface area contributed by atoms with Crippen molar-refractivity contribution in [2.75, 3.05) is 0 Å². The van der Waals surface area contributed by atoms with Gasteiger partial charge in [0.1, 0.15) is 5.75 Å². The van der Waals surface area contributed by atoms with Crippen LogP contribution >= 0.6 is 0 Å². The molecule has 0 aliphatic rings. The van der Waals surface area contributed by atoms with Gasteiger partial charge < -0.3 is 5.11 Å². The predicted octanol–water partition coefficient (Wildman–Crippen LogP) is 4.62. The minimum atomic E-state index is 0.154. The molecule has 0 aliphatic carbocycles. The van der Waals surface area contributed by atoms with Gasteiger partial charge in [0.15, 0.2) is 0 Å². The molecular formula is C16H20O. The first-order valence-corrected chi connectivity index (χ1v) is 6.33. The fraction of sp³-hybridized carbons (Fsp3) is 0.375. The summed E-state index contributed by atoms with van der Waals surface area (Å²) in [6.07, 6.45) is 2.17. The van der Waals surface area contributed by atoms with E-state index in [4.69, 9.17) is 0 Å². The molecule has 0 bridgehead atoms. The van der Waals surface area contributed by atoms with Gasteiger partial charge in [-0.3, -0.25) is 0 Å². The number of fused-ring (bicyclic) bond motifs is 1. The van der Waals surface area contributed by atoms with E-state index < -0.39 is 0 Å². The number of phenols is 1. The molecule has 2 rings (SSSR count). The topological polar surface area (TPSA) is 20.2 Å². The normalized spacial score (nSPS) is 11.9. The zero-order valence-electron chi connectivity index (χ0n) is 10.8. The van der Waals surface area contributed by atoms with E-state index in [2.05, 4.69) is 32.9 Å². The highest BCUT2D eigenvalue weighted by Crippen LogP contribution is 2.36. The van der Waals surface area contributed by atoms with Crippen molar-refractivity contribution in [2.24, 2.45) is 0 Å². The Morgan fingerprint density at radius 3 is 2.35 bits per heavy atom. The van der Waals surface area contributed by atoms with E-state index in [0.29, 0.717) is 5.75 Å². The van der Waals surface area contributed by atoms with Crippen molar-refractivity contribution in [3.05, 3.63) is 42.0 Å². The Balaban J connectivity index is 2.65. The highest BCUT2D eigenvalue weighted by Gasteiger charge is 2.23. The lowest BCUT2D eigenvalue weighted by Gasteiger charge is -2.28. The Hall–Kier alpha value is -1.50. The molecule has 0 radical (unpaired) electrons. The quantitative estimate of drug-likeness (QED) is 0.812. The van der Waals surface area contributed by atoms with Gasteiger partial charge in [0.25, 0.3) is 0 Å². The lowest BCUT2D eigenvalue weighted by atomic mass is 9.77. The van der Waals surface area contributed by atoms with Crippen LogP contribution in [-0.2, 0) is 5.41 Å².